The highest BCUT2D eigenvalue weighted by Gasteiger charge is 2.11. The molecule has 0 atom stereocenters. The molecule has 2 N–H and O–H groups in total. The van der Waals surface area contributed by atoms with Gasteiger partial charge in [-0.1, -0.05) is 0 Å². The summed E-state index contributed by atoms with van der Waals surface area (Å²) in [6.45, 7) is 4.47. The molecule has 1 amide bonds. The second-order valence-electron chi connectivity index (χ2n) is 6.22. The van der Waals surface area contributed by atoms with E-state index in [9.17, 15) is 9.18 Å². The average molecular weight is 343 g/mol. The lowest BCUT2D eigenvalue weighted by Crippen LogP contribution is -2.26. The van der Waals surface area contributed by atoms with Crippen molar-refractivity contribution in [3.8, 4) is 0 Å². The Morgan fingerprint density at radius 2 is 2.12 bits per heavy atom. The van der Waals surface area contributed by atoms with E-state index >= 15 is 0 Å². The summed E-state index contributed by atoms with van der Waals surface area (Å²) in [5.41, 5.74) is 4.60. The van der Waals surface area contributed by atoms with Gasteiger partial charge in [0, 0.05) is 32.1 Å². The van der Waals surface area contributed by atoms with Crippen molar-refractivity contribution in [3.63, 3.8) is 0 Å². The van der Waals surface area contributed by atoms with Gasteiger partial charge in [-0.2, -0.15) is 5.10 Å². The number of fused-ring (bicyclic) bond motifs is 1. The second-order valence-corrected chi connectivity index (χ2v) is 6.22. The third kappa shape index (κ3) is 3.87. The average Bonchev–Trinajstić information content (AvgIpc) is 3.06. The third-order valence-electron chi connectivity index (χ3n) is 4.44. The van der Waals surface area contributed by atoms with Crippen LogP contribution in [0.4, 0.5) is 4.39 Å². The fourth-order valence-corrected chi connectivity index (χ4v) is 2.98. The molecule has 0 saturated carbocycles. The SMILES string of the molecule is Cc1nn(C)c(C)c1CCC(=O)NCCc1nc2ccc(F)cc2[nH]1. The first kappa shape index (κ1) is 17.1. The van der Waals surface area contributed by atoms with E-state index in [1.807, 2.05) is 25.6 Å². The zero-order valence-electron chi connectivity index (χ0n) is 14.7. The number of aromatic nitrogens is 4. The maximum atomic E-state index is 13.2. The summed E-state index contributed by atoms with van der Waals surface area (Å²) in [5, 5.41) is 7.27. The van der Waals surface area contributed by atoms with Gasteiger partial charge in [-0.3, -0.25) is 9.48 Å². The minimum atomic E-state index is -0.294. The number of aryl methyl sites for hydroxylation is 2. The Morgan fingerprint density at radius 1 is 1.32 bits per heavy atom. The number of imidazole rings is 1. The number of carbonyl (C=O) groups is 1. The lowest BCUT2D eigenvalue weighted by atomic mass is 10.1. The van der Waals surface area contributed by atoms with Crippen LogP contribution >= 0.6 is 0 Å². The molecule has 0 fully saturated rings. The molecule has 6 nitrogen and oxygen atoms in total. The molecular formula is C18H22FN5O. The van der Waals surface area contributed by atoms with Gasteiger partial charge in [-0.25, -0.2) is 9.37 Å². The van der Waals surface area contributed by atoms with Crippen LogP contribution in [0.3, 0.4) is 0 Å². The number of nitrogens with one attached hydrogen (secondary N) is 2. The van der Waals surface area contributed by atoms with Crippen LogP contribution in [0.2, 0.25) is 0 Å². The molecule has 7 heteroatoms. The zero-order chi connectivity index (χ0) is 18.0. The first-order chi connectivity index (χ1) is 11.9. The van der Waals surface area contributed by atoms with Crippen LogP contribution in [-0.2, 0) is 24.7 Å². The zero-order valence-corrected chi connectivity index (χ0v) is 14.7. The van der Waals surface area contributed by atoms with Gasteiger partial charge in [0.25, 0.3) is 0 Å². The topological polar surface area (TPSA) is 75.6 Å². The van der Waals surface area contributed by atoms with Crippen LogP contribution in [-0.4, -0.2) is 32.2 Å². The van der Waals surface area contributed by atoms with Crippen molar-refractivity contribution >= 4 is 16.9 Å². The Morgan fingerprint density at radius 3 is 2.84 bits per heavy atom. The summed E-state index contributed by atoms with van der Waals surface area (Å²) < 4.78 is 15.0. The number of halogens is 1. The van der Waals surface area contributed by atoms with E-state index in [1.165, 1.54) is 12.1 Å². The monoisotopic (exact) mass is 343 g/mol. The highest BCUT2D eigenvalue weighted by Crippen LogP contribution is 2.14. The van der Waals surface area contributed by atoms with Gasteiger partial charge in [0.1, 0.15) is 11.6 Å². The quantitative estimate of drug-likeness (QED) is 0.721. The highest BCUT2D eigenvalue weighted by atomic mass is 19.1. The van der Waals surface area contributed by atoms with E-state index < -0.39 is 0 Å². The van der Waals surface area contributed by atoms with Crippen molar-refractivity contribution in [2.24, 2.45) is 7.05 Å². The molecule has 3 rings (SSSR count). The molecule has 3 aromatic rings. The van der Waals surface area contributed by atoms with E-state index in [1.54, 1.807) is 6.07 Å². The number of hydrogen-bond acceptors (Lipinski definition) is 3. The van der Waals surface area contributed by atoms with Crippen LogP contribution in [0.15, 0.2) is 18.2 Å². The molecule has 25 heavy (non-hydrogen) atoms. The van der Waals surface area contributed by atoms with E-state index in [-0.39, 0.29) is 11.7 Å². The normalized spacial score (nSPS) is 11.2. The first-order valence-electron chi connectivity index (χ1n) is 8.34. The minimum Gasteiger partial charge on any atom is -0.356 e. The van der Waals surface area contributed by atoms with Crippen LogP contribution in [0.25, 0.3) is 11.0 Å². The molecule has 0 unspecified atom stereocenters. The lowest BCUT2D eigenvalue weighted by Gasteiger charge is -2.05. The largest absolute Gasteiger partial charge is 0.356 e. The van der Waals surface area contributed by atoms with Crippen molar-refractivity contribution in [2.45, 2.75) is 33.1 Å². The van der Waals surface area contributed by atoms with Gasteiger partial charge in [-0.05, 0) is 44.0 Å². The predicted octanol–water partition coefficient (Wildman–Crippen LogP) is 2.34. The van der Waals surface area contributed by atoms with Crippen molar-refractivity contribution in [1.29, 1.82) is 0 Å². The van der Waals surface area contributed by atoms with Crippen LogP contribution < -0.4 is 5.32 Å². The van der Waals surface area contributed by atoms with E-state index in [2.05, 4.69) is 20.4 Å². The predicted molar refractivity (Wildman–Crippen MR) is 93.8 cm³/mol. The summed E-state index contributed by atoms with van der Waals surface area (Å²) in [4.78, 5) is 19.5. The maximum Gasteiger partial charge on any atom is 0.220 e. The van der Waals surface area contributed by atoms with Gasteiger partial charge >= 0.3 is 0 Å². The van der Waals surface area contributed by atoms with E-state index in [4.69, 9.17) is 0 Å². The standard InChI is InChI=1S/C18H22FN5O/c1-11-14(12(2)24(3)23-11)5-7-18(25)20-9-8-17-21-15-6-4-13(19)10-16(15)22-17/h4,6,10H,5,7-9H2,1-3H3,(H,20,25)(H,21,22). The molecule has 0 bridgehead atoms. The number of amides is 1. The summed E-state index contributed by atoms with van der Waals surface area (Å²) in [6.07, 6.45) is 1.69. The molecule has 2 heterocycles. The number of nitrogens with zero attached hydrogens (tertiary/aromatic N) is 3. The summed E-state index contributed by atoms with van der Waals surface area (Å²) >= 11 is 0. The van der Waals surface area contributed by atoms with Gasteiger partial charge < -0.3 is 10.3 Å². The number of benzene rings is 1. The summed E-state index contributed by atoms with van der Waals surface area (Å²) in [7, 11) is 1.91. The van der Waals surface area contributed by atoms with Crippen LogP contribution in [0.5, 0.6) is 0 Å². The Hall–Kier alpha value is -2.70. The number of H-pyrrole nitrogens is 1. The van der Waals surface area contributed by atoms with Crippen molar-refractivity contribution in [3.05, 3.63) is 46.8 Å². The number of rotatable bonds is 6. The molecule has 1 aromatic carbocycles. The van der Waals surface area contributed by atoms with Crippen LogP contribution in [0.1, 0.15) is 29.2 Å². The fraction of sp³-hybridized carbons (Fsp3) is 0.389. The molecular weight excluding hydrogens is 321 g/mol. The van der Waals surface area contributed by atoms with Crippen molar-refractivity contribution in [2.75, 3.05) is 6.54 Å². The number of hydrogen-bond donors (Lipinski definition) is 2. The Bertz CT molecular complexity index is 912. The van der Waals surface area contributed by atoms with Crippen molar-refractivity contribution in [1.82, 2.24) is 25.1 Å². The molecule has 0 aliphatic carbocycles. The van der Waals surface area contributed by atoms with Crippen molar-refractivity contribution < 1.29 is 9.18 Å². The van der Waals surface area contributed by atoms with Gasteiger partial charge in [0.05, 0.1) is 16.7 Å². The maximum absolute atomic E-state index is 13.2. The third-order valence-corrected chi connectivity index (χ3v) is 4.44. The Balaban J connectivity index is 1.48. The summed E-state index contributed by atoms with van der Waals surface area (Å²) in [6, 6.07) is 4.45. The summed E-state index contributed by atoms with van der Waals surface area (Å²) in [5.74, 6) is 0.446. The van der Waals surface area contributed by atoms with Gasteiger partial charge in [0.2, 0.25) is 5.91 Å². The molecule has 132 valence electrons. The highest BCUT2D eigenvalue weighted by molar-refractivity contribution is 5.76. The molecule has 0 radical (unpaired) electrons. The van der Waals surface area contributed by atoms with Gasteiger partial charge in [0.15, 0.2) is 0 Å². The molecule has 2 aromatic heterocycles. The minimum absolute atomic E-state index is 0.00445. The second kappa shape index (κ2) is 7.04. The number of aromatic amines is 1. The fourth-order valence-electron chi connectivity index (χ4n) is 2.98. The molecule has 0 saturated heterocycles. The Kier molecular flexibility index (Phi) is 4.83. The number of carbonyl (C=O) groups excluding carboxylic acids is 1. The molecule has 0 aliphatic heterocycles. The van der Waals surface area contributed by atoms with Gasteiger partial charge in [-0.15, -0.1) is 0 Å². The van der Waals surface area contributed by atoms with Crippen LogP contribution in [0, 0.1) is 19.7 Å². The van der Waals surface area contributed by atoms with E-state index in [0.717, 1.165) is 28.3 Å². The first-order valence-corrected chi connectivity index (χ1v) is 8.34. The molecule has 0 aliphatic rings. The molecule has 0 spiro atoms. The Labute approximate surface area is 145 Å². The lowest BCUT2D eigenvalue weighted by molar-refractivity contribution is -0.121. The van der Waals surface area contributed by atoms with E-state index in [0.29, 0.717) is 31.3 Å². The smallest absolute Gasteiger partial charge is 0.220 e.